The first-order valence-electron chi connectivity index (χ1n) is 13.2. The molecule has 2 aliphatic rings. The lowest BCUT2D eigenvalue weighted by Crippen LogP contribution is -2.51. The topological polar surface area (TPSA) is 88.2 Å². The fourth-order valence-electron chi connectivity index (χ4n) is 5.09. The van der Waals surface area contributed by atoms with E-state index in [0.717, 1.165) is 58.3 Å². The van der Waals surface area contributed by atoms with Crippen LogP contribution >= 0.6 is 11.6 Å². The number of alkyl halides is 3. The molecule has 1 N–H and O–H groups in total. The number of benzene rings is 2. The van der Waals surface area contributed by atoms with Crippen molar-refractivity contribution in [2.75, 3.05) is 45.1 Å². The third-order valence-corrected chi connectivity index (χ3v) is 9.22. The van der Waals surface area contributed by atoms with Gasteiger partial charge < -0.3 is 14.8 Å². The maximum Gasteiger partial charge on any atom is 0.573 e. The van der Waals surface area contributed by atoms with Gasteiger partial charge in [0, 0.05) is 69.1 Å². The Morgan fingerprint density at radius 1 is 1.10 bits per heavy atom. The molecule has 0 bridgehead atoms. The largest absolute Gasteiger partial charge is 0.573 e. The van der Waals surface area contributed by atoms with Crippen LogP contribution in [0.4, 0.5) is 13.2 Å². The van der Waals surface area contributed by atoms with Crippen molar-refractivity contribution in [3.8, 4) is 5.75 Å². The average Bonchev–Trinajstić information content (AvgIpc) is 2.91. The fourth-order valence-corrected chi connectivity index (χ4v) is 6.41. The van der Waals surface area contributed by atoms with E-state index in [2.05, 4.69) is 19.9 Å². The van der Waals surface area contributed by atoms with Crippen molar-refractivity contribution in [3.63, 3.8) is 0 Å². The minimum absolute atomic E-state index is 0.0282. The Morgan fingerprint density at radius 3 is 2.45 bits per heavy atom. The predicted octanol–water partition coefficient (Wildman–Crippen LogP) is 4.26. The predicted molar refractivity (Wildman–Crippen MR) is 144 cm³/mol. The van der Waals surface area contributed by atoms with Crippen LogP contribution in [0, 0.1) is 0 Å². The summed E-state index contributed by atoms with van der Waals surface area (Å²) >= 11 is 6.05. The van der Waals surface area contributed by atoms with Gasteiger partial charge in [-0.3, -0.25) is 14.6 Å². The van der Waals surface area contributed by atoms with E-state index in [0.29, 0.717) is 23.2 Å². The summed E-state index contributed by atoms with van der Waals surface area (Å²) in [6, 6.07) is 8.60. The summed E-state index contributed by atoms with van der Waals surface area (Å²) in [6.07, 6.45) is -2.93. The Hall–Kier alpha value is -2.38. The summed E-state index contributed by atoms with van der Waals surface area (Å²) in [4.78, 5) is 17.7. The van der Waals surface area contributed by atoms with E-state index in [4.69, 9.17) is 16.3 Å². The molecule has 2 fully saturated rings. The standard InChI is InChI=1S/C27H33ClF3N3O5S/c1-2-40(36,37)25-4-3-22(28)15-21(25)17-32-26(35)20-13-19(14-24(16-20)39-27(29,30)31)18-33-7-9-34(10-8-33)23-5-11-38-12-6-23/h3-4,13-16,23H,2,5-12,17-18H2,1H3,(H,32,35). The summed E-state index contributed by atoms with van der Waals surface area (Å²) in [5, 5.41) is 2.90. The van der Waals surface area contributed by atoms with Crippen LogP contribution in [0.5, 0.6) is 5.75 Å². The molecule has 0 aromatic heterocycles. The first-order chi connectivity index (χ1) is 18.9. The van der Waals surface area contributed by atoms with Gasteiger partial charge in [-0.1, -0.05) is 18.5 Å². The molecule has 1 amide bonds. The molecule has 0 radical (unpaired) electrons. The number of carbonyl (C=O) groups is 1. The van der Waals surface area contributed by atoms with E-state index in [1.807, 2.05) is 0 Å². The van der Waals surface area contributed by atoms with E-state index in [1.165, 1.54) is 37.3 Å². The highest BCUT2D eigenvalue weighted by atomic mass is 35.5. The Labute approximate surface area is 237 Å². The van der Waals surface area contributed by atoms with Crippen molar-refractivity contribution in [3.05, 3.63) is 58.1 Å². The molecular formula is C27H33ClF3N3O5S. The quantitative estimate of drug-likeness (QED) is 0.458. The number of hydrogen-bond acceptors (Lipinski definition) is 7. The molecule has 2 saturated heterocycles. The second-order valence-corrected chi connectivity index (χ2v) is 12.6. The monoisotopic (exact) mass is 603 g/mol. The van der Waals surface area contributed by atoms with Gasteiger partial charge in [-0.15, -0.1) is 13.2 Å². The molecule has 0 atom stereocenters. The Kier molecular flexibility index (Phi) is 9.99. The molecule has 8 nitrogen and oxygen atoms in total. The van der Waals surface area contributed by atoms with E-state index in [1.54, 1.807) is 0 Å². The van der Waals surface area contributed by atoms with Gasteiger partial charge in [0.15, 0.2) is 9.84 Å². The number of amides is 1. The average molecular weight is 604 g/mol. The lowest BCUT2D eigenvalue weighted by Gasteiger charge is -2.40. The van der Waals surface area contributed by atoms with Crippen LogP contribution in [-0.2, 0) is 27.7 Å². The summed E-state index contributed by atoms with van der Waals surface area (Å²) in [6.45, 7) is 6.37. The van der Waals surface area contributed by atoms with Crippen LogP contribution in [-0.4, -0.2) is 81.7 Å². The van der Waals surface area contributed by atoms with Gasteiger partial charge in [0.1, 0.15) is 5.75 Å². The molecule has 0 spiro atoms. The summed E-state index contributed by atoms with van der Waals surface area (Å²) in [5.41, 5.74) is 0.760. The van der Waals surface area contributed by atoms with Crippen LogP contribution < -0.4 is 10.1 Å². The maximum atomic E-state index is 13.1. The minimum Gasteiger partial charge on any atom is -0.406 e. The van der Waals surface area contributed by atoms with Crippen molar-refractivity contribution >= 4 is 27.3 Å². The zero-order valence-electron chi connectivity index (χ0n) is 22.2. The highest BCUT2D eigenvalue weighted by molar-refractivity contribution is 7.91. The lowest BCUT2D eigenvalue weighted by atomic mass is 10.1. The molecule has 0 aliphatic carbocycles. The number of carbonyl (C=O) groups excluding carboxylic acids is 1. The van der Waals surface area contributed by atoms with Crippen molar-refractivity contribution in [1.82, 2.24) is 15.1 Å². The summed E-state index contributed by atoms with van der Waals surface area (Å²) in [7, 11) is -3.59. The molecule has 13 heteroatoms. The molecular weight excluding hydrogens is 571 g/mol. The Bertz CT molecular complexity index is 1290. The van der Waals surface area contributed by atoms with Gasteiger partial charge in [0.05, 0.1) is 10.6 Å². The second-order valence-electron chi connectivity index (χ2n) is 9.91. The van der Waals surface area contributed by atoms with Gasteiger partial charge in [-0.2, -0.15) is 0 Å². The van der Waals surface area contributed by atoms with E-state index >= 15 is 0 Å². The number of nitrogens with one attached hydrogen (secondary N) is 1. The van der Waals surface area contributed by atoms with Crippen molar-refractivity contribution < 1.29 is 35.9 Å². The van der Waals surface area contributed by atoms with Crippen LogP contribution in [0.3, 0.4) is 0 Å². The van der Waals surface area contributed by atoms with Crippen LogP contribution in [0.2, 0.25) is 5.02 Å². The third kappa shape index (κ3) is 8.32. The molecule has 0 unspecified atom stereocenters. The van der Waals surface area contributed by atoms with Crippen molar-refractivity contribution in [2.24, 2.45) is 0 Å². The molecule has 2 heterocycles. The molecule has 0 saturated carbocycles. The number of rotatable bonds is 9. The zero-order valence-corrected chi connectivity index (χ0v) is 23.7. The molecule has 220 valence electrons. The third-order valence-electron chi connectivity index (χ3n) is 7.16. The lowest BCUT2D eigenvalue weighted by molar-refractivity contribution is -0.274. The van der Waals surface area contributed by atoms with E-state index < -0.39 is 27.9 Å². The molecule has 4 rings (SSSR count). The summed E-state index contributed by atoms with van der Waals surface area (Å²) in [5.74, 6) is -1.30. The number of nitrogens with zero attached hydrogens (tertiary/aromatic N) is 2. The SMILES string of the molecule is CCS(=O)(=O)c1ccc(Cl)cc1CNC(=O)c1cc(CN2CCN(C3CCOCC3)CC2)cc(OC(F)(F)F)c1. The summed E-state index contributed by atoms with van der Waals surface area (Å²) < 4.78 is 73.8. The van der Waals surface area contributed by atoms with Gasteiger partial charge in [0.25, 0.3) is 5.91 Å². The number of ether oxygens (including phenoxy) is 2. The fraction of sp³-hybridized carbons (Fsp3) is 0.519. The van der Waals surface area contributed by atoms with Gasteiger partial charge in [-0.05, 0) is 60.4 Å². The van der Waals surface area contributed by atoms with Crippen LogP contribution in [0.15, 0.2) is 41.3 Å². The van der Waals surface area contributed by atoms with E-state index in [9.17, 15) is 26.4 Å². The zero-order chi connectivity index (χ0) is 28.9. The van der Waals surface area contributed by atoms with Crippen molar-refractivity contribution in [1.29, 1.82) is 0 Å². The molecule has 2 aromatic rings. The number of sulfone groups is 1. The number of hydrogen-bond donors (Lipinski definition) is 1. The van der Waals surface area contributed by atoms with Crippen molar-refractivity contribution in [2.45, 2.75) is 50.2 Å². The van der Waals surface area contributed by atoms with Crippen LogP contribution in [0.25, 0.3) is 0 Å². The second kappa shape index (κ2) is 13.1. The number of halogens is 4. The first-order valence-corrected chi connectivity index (χ1v) is 15.2. The van der Waals surface area contributed by atoms with Gasteiger partial charge in [-0.25, -0.2) is 8.42 Å². The Balaban J connectivity index is 1.47. The highest BCUT2D eigenvalue weighted by Gasteiger charge is 2.32. The Morgan fingerprint density at radius 2 is 1.80 bits per heavy atom. The van der Waals surface area contributed by atoms with E-state index in [-0.39, 0.29) is 28.3 Å². The van der Waals surface area contributed by atoms with Crippen LogP contribution in [0.1, 0.15) is 41.3 Å². The molecule has 40 heavy (non-hydrogen) atoms. The maximum absolute atomic E-state index is 13.1. The van der Waals surface area contributed by atoms with Gasteiger partial charge >= 0.3 is 6.36 Å². The molecule has 2 aliphatic heterocycles. The highest BCUT2D eigenvalue weighted by Crippen LogP contribution is 2.27. The normalized spacial score (nSPS) is 18.0. The minimum atomic E-state index is -4.92. The molecule has 2 aromatic carbocycles. The smallest absolute Gasteiger partial charge is 0.406 e. The van der Waals surface area contributed by atoms with Gasteiger partial charge in [0.2, 0.25) is 0 Å². The number of piperazine rings is 1. The first kappa shape index (κ1) is 30.6.